The predicted octanol–water partition coefficient (Wildman–Crippen LogP) is 1.12. The monoisotopic (exact) mass is 196 g/mol. The van der Waals surface area contributed by atoms with E-state index < -0.39 is 0 Å². The highest BCUT2D eigenvalue weighted by atomic mass is 16.5. The van der Waals surface area contributed by atoms with Crippen molar-refractivity contribution in [3.8, 4) is 0 Å². The van der Waals surface area contributed by atoms with Crippen molar-refractivity contribution in [2.75, 3.05) is 6.61 Å². The molecule has 4 heteroatoms. The summed E-state index contributed by atoms with van der Waals surface area (Å²) >= 11 is 0. The molecule has 0 bridgehead atoms. The zero-order valence-electron chi connectivity index (χ0n) is 8.39. The molecule has 78 valence electrons. The number of aryl methyl sites for hydroxylation is 1. The molecule has 0 spiro atoms. The summed E-state index contributed by atoms with van der Waals surface area (Å²) in [5.41, 5.74) is 0. The fourth-order valence-electron chi connectivity index (χ4n) is 1.84. The summed E-state index contributed by atoms with van der Waals surface area (Å²) in [6.45, 7) is 3.60. The first-order valence-corrected chi connectivity index (χ1v) is 5.12. The van der Waals surface area contributed by atoms with E-state index in [-0.39, 0.29) is 12.2 Å². The van der Waals surface area contributed by atoms with Crippen molar-refractivity contribution in [2.45, 2.75) is 38.5 Å². The molecule has 1 N–H and O–H groups in total. The van der Waals surface area contributed by atoms with Crippen molar-refractivity contribution in [3.63, 3.8) is 0 Å². The Bertz CT molecular complexity index is 298. The summed E-state index contributed by atoms with van der Waals surface area (Å²) in [4.78, 5) is 4.27. The molecule has 0 amide bonds. The maximum Gasteiger partial charge on any atom is 0.137 e. The van der Waals surface area contributed by atoms with Gasteiger partial charge >= 0.3 is 0 Å². The van der Waals surface area contributed by atoms with E-state index in [0.717, 1.165) is 18.8 Å². The van der Waals surface area contributed by atoms with Crippen LogP contribution in [0.15, 0.2) is 12.4 Å². The largest absolute Gasteiger partial charge is 0.393 e. The van der Waals surface area contributed by atoms with Gasteiger partial charge in [-0.3, -0.25) is 0 Å². The van der Waals surface area contributed by atoms with Crippen molar-refractivity contribution < 1.29 is 9.84 Å². The Balaban J connectivity index is 2.13. The lowest BCUT2D eigenvalue weighted by atomic mass is 10.1. The lowest BCUT2D eigenvalue weighted by Gasteiger charge is -2.26. The second kappa shape index (κ2) is 4.11. The normalized spacial score (nSPS) is 27.9. The van der Waals surface area contributed by atoms with Gasteiger partial charge in [-0.15, -0.1) is 0 Å². The molecule has 1 saturated heterocycles. The SMILES string of the molecule is CCn1ccnc1C1CC(O)CCO1. The van der Waals surface area contributed by atoms with Crippen LogP contribution >= 0.6 is 0 Å². The number of hydrogen-bond acceptors (Lipinski definition) is 3. The Morgan fingerprint density at radius 2 is 2.57 bits per heavy atom. The number of nitrogens with zero attached hydrogens (tertiary/aromatic N) is 2. The molecular weight excluding hydrogens is 180 g/mol. The third kappa shape index (κ3) is 1.81. The summed E-state index contributed by atoms with van der Waals surface area (Å²) in [6.07, 6.45) is 4.85. The van der Waals surface area contributed by atoms with Crippen LogP contribution in [0.5, 0.6) is 0 Å². The van der Waals surface area contributed by atoms with Crippen LogP contribution in [-0.2, 0) is 11.3 Å². The lowest BCUT2D eigenvalue weighted by Crippen LogP contribution is -2.25. The van der Waals surface area contributed by atoms with E-state index in [9.17, 15) is 5.11 Å². The second-order valence-corrected chi connectivity index (χ2v) is 3.61. The minimum Gasteiger partial charge on any atom is -0.393 e. The highest BCUT2D eigenvalue weighted by Crippen LogP contribution is 2.26. The first kappa shape index (κ1) is 9.68. The van der Waals surface area contributed by atoms with Crippen LogP contribution in [0, 0.1) is 0 Å². The first-order chi connectivity index (χ1) is 6.81. The molecule has 2 heterocycles. The number of aliphatic hydroxyl groups excluding tert-OH is 1. The van der Waals surface area contributed by atoms with E-state index in [1.807, 2.05) is 6.20 Å². The quantitative estimate of drug-likeness (QED) is 0.771. The van der Waals surface area contributed by atoms with Gasteiger partial charge in [-0.2, -0.15) is 0 Å². The van der Waals surface area contributed by atoms with Crippen molar-refractivity contribution in [3.05, 3.63) is 18.2 Å². The second-order valence-electron chi connectivity index (χ2n) is 3.61. The molecule has 1 aromatic rings. The molecule has 0 aliphatic carbocycles. The number of hydrogen-bond donors (Lipinski definition) is 1. The van der Waals surface area contributed by atoms with Crippen LogP contribution in [-0.4, -0.2) is 27.4 Å². The van der Waals surface area contributed by atoms with E-state index in [1.54, 1.807) is 6.20 Å². The molecule has 0 saturated carbocycles. The molecule has 2 atom stereocenters. The standard InChI is InChI=1S/C10H16N2O2/c1-2-12-5-4-11-10(12)9-7-8(13)3-6-14-9/h4-5,8-9,13H,2-3,6-7H2,1H3. The van der Waals surface area contributed by atoms with Crippen molar-refractivity contribution in [2.24, 2.45) is 0 Å². The fourth-order valence-corrected chi connectivity index (χ4v) is 1.84. The van der Waals surface area contributed by atoms with Gasteiger partial charge < -0.3 is 14.4 Å². The Kier molecular flexibility index (Phi) is 2.84. The number of imidazole rings is 1. The van der Waals surface area contributed by atoms with Crippen molar-refractivity contribution >= 4 is 0 Å². The molecular formula is C10H16N2O2. The van der Waals surface area contributed by atoms with E-state index in [1.165, 1.54) is 0 Å². The number of aliphatic hydroxyl groups is 1. The van der Waals surface area contributed by atoms with Gasteiger partial charge in [0, 0.05) is 25.4 Å². The summed E-state index contributed by atoms with van der Waals surface area (Å²) < 4.78 is 7.65. The van der Waals surface area contributed by atoms with Gasteiger partial charge in [-0.25, -0.2) is 4.98 Å². The molecule has 1 aliphatic heterocycles. The maximum atomic E-state index is 9.52. The fraction of sp³-hybridized carbons (Fsp3) is 0.700. The van der Waals surface area contributed by atoms with Gasteiger partial charge in [0.05, 0.1) is 12.7 Å². The van der Waals surface area contributed by atoms with E-state index in [2.05, 4.69) is 16.5 Å². The Labute approximate surface area is 83.5 Å². The molecule has 1 aromatic heterocycles. The maximum absolute atomic E-state index is 9.52. The third-order valence-electron chi connectivity index (χ3n) is 2.63. The molecule has 0 radical (unpaired) electrons. The average Bonchev–Trinajstić information content (AvgIpc) is 2.65. The van der Waals surface area contributed by atoms with Crippen LogP contribution in [0.2, 0.25) is 0 Å². The third-order valence-corrected chi connectivity index (χ3v) is 2.63. The van der Waals surface area contributed by atoms with E-state index in [0.29, 0.717) is 13.0 Å². The molecule has 2 rings (SSSR count). The number of rotatable bonds is 2. The molecule has 2 unspecified atom stereocenters. The first-order valence-electron chi connectivity index (χ1n) is 5.12. The van der Waals surface area contributed by atoms with Crippen LogP contribution in [0.1, 0.15) is 31.7 Å². The highest BCUT2D eigenvalue weighted by Gasteiger charge is 2.25. The van der Waals surface area contributed by atoms with Crippen LogP contribution in [0.25, 0.3) is 0 Å². The molecule has 4 nitrogen and oxygen atoms in total. The molecule has 1 fully saturated rings. The van der Waals surface area contributed by atoms with Gasteiger partial charge in [0.2, 0.25) is 0 Å². The smallest absolute Gasteiger partial charge is 0.137 e. The van der Waals surface area contributed by atoms with Gasteiger partial charge in [-0.1, -0.05) is 0 Å². The summed E-state index contributed by atoms with van der Waals surface area (Å²) in [5.74, 6) is 0.936. The van der Waals surface area contributed by atoms with Gasteiger partial charge in [0.25, 0.3) is 0 Å². The minimum absolute atomic E-state index is 0.0336. The minimum atomic E-state index is -0.240. The van der Waals surface area contributed by atoms with E-state index in [4.69, 9.17) is 4.74 Å². The summed E-state index contributed by atoms with van der Waals surface area (Å²) in [7, 11) is 0. The van der Waals surface area contributed by atoms with Gasteiger partial charge in [0.15, 0.2) is 0 Å². The van der Waals surface area contributed by atoms with Gasteiger partial charge in [0.1, 0.15) is 11.9 Å². The van der Waals surface area contributed by atoms with Crippen LogP contribution < -0.4 is 0 Å². The highest BCUT2D eigenvalue weighted by molar-refractivity contribution is 4.98. The van der Waals surface area contributed by atoms with Gasteiger partial charge in [-0.05, 0) is 13.3 Å². The summed E-state index contributed by atoms with van der Waals surface area (Å²) in [5, 5.41) is 9.52. The zero-order valence-corrected chi connectivity index (χ0v) is 8.39. The Hall–Kier alpha value is -0.870. The Morgan fingerprint density at radius 3 is 3.29 bits per heavy atom. The molecule has 14 heavy (non-hydrogen) atoms. The zero-order chi connectivity index (χ0) is 9.97. The van der Waals surface area contributed by atoms with E-state index >= 15 is 0 Å². The lowest BCUT2D eigenvalue weighted by molar-refractivity contribution is -0.0499. The molecule has 0 aromatic carbocycles. The predicted molar refractivity (Wildman–Crippen MR) is 51.8 cm³/mol. The number of ether oxygens (including phenoxy) is 1. The van der Waals surface area contributed by atoms with Crippen LogP contribution in [0.3, 0.4) is 0 Å². The molecule has 1 aliphatic rings. The average molecular weight is 196 g/mol. The number of aromatic nitrogens is 2. The van der Waals surface area contributed by atoms with Crippen molar-refractivity contribution in [1.82, 2.24) is 9.55 Å². The Morgan fingerprint density at radius 1 is 1.71 bits per heavy atom. The summed E-state index contributed by atoms with van der Waals surface area (Å²) in [6, 6.07) is 0. The van der Waals surface area contributed by atoms with Crippen LogP contribution in [0.4, 0.5) is 0 Å². The van der Waals surface area contributed by atoms with Crippen molar-refractivity contribution in [1.29, 1.82) is 0 Å². The topological polar surface area (TPSA) is 47.3 Å².